The van der Waals surface area contributed by atoms with Gasteiger partial charge in [-0.05, 0) is 6.92 Å². The highest BCUT2D eigenvalue weighted by atomic mass is 32.2. The summed E-state index contributed by atoms with van der Waals surface area (Å²) in [5, 5.41) is 13.8. The van der Waals surface area contributed by atoms with E-state index in [9.17, 15) is 24.0 Å². The Morgan fingerprint density at radius 3 is 2.47 bits per heavy atom. The highest BCUT2D eigenvalue weighted by molar-refractivity contribution is 8.13. The lowest BCUT2D eigenvalue weighted by atomic mass is 9.85. The van der Waals surface area contributed by atoms with Gasteiger partial charge in [0.1, 0.15) is 11.9 Å². The molecule has 0 spiro atoms. The van der Waals surface area contributed by atoms with E-state index in [0.29, 0.717) is 5.75 Å². The van der Waals surface area contributed by atoms with E-state index in [1.165, 1.54) is 14.0 Å². The minimum absolute atomic E-state index is 0.00971. The lowest BCUT2D eigenvalue weighted by Crippen LogP contribution is -2.58. The van der Waals surface area contributed by atoms with Gasteiger partial charge in [-0.1, -0.05) is 25.6 Å². The molecule has 0 radical (unpaired) electrons. The van der Waals surface area contributed by atoms with Crippen molar-refractivity contribution >= 4 is 40.4 Å². The van der Waals surface area contributed by atoms with Gasteiger partial charge in [-0.2, -0.15) is 0 Å². The maximum Gasteiger partial charge on any atom is 0.328 e. The molecule has 12 heteroatoms. The summed E-state index contributed by atoms with van der Waals surface area (Å²) in [4.78, 5) is 57.6. The first-order valence-electron chi connectivity index (χ1n) is 9.89. The Bertz CT molecular complexity index is 753. The number of ether oxygens (including phenoxy) is 3. The molecular formula is C20H30N2O9S. The van der Waals surface area contributed by atoms with Crippen LogP contribution in [0.25, 0.3) is 0 Å². The maximum atomic E-state index is 12.7. The third kappa shape index (κ3) is 9.47. The smallest absolute Gasteiger partial charge is 0.328 e. The van der Waals surface area contributed by atoms with Crippen LogP contribution in [-0.2, 0) is 38.2 Å². The molecule has 32 heavy (non-hydrogen) atoms. The first kappa shape index (κ1) is 27.8. The number of hydrogen-bond donors (Lipinski definition) is 3. The zero-order chi connectivity index (χ0) is 24.4. The second-order valence-corrected chi connectivity index (χ2v) is 8.90. The van der Waals surface area contributed by atoms with E-state index >= 15 is 0 Å². The molecule has 1 saturated heterocycles. The van der Waals surface area contributed by atoms with Gasteiger partial charge in [-0.25, -0.2) is 4.79 Å². The van der Waals surface area contributed by atoms with Crippen LogP contribution in [0.15, 0.2) is 12.2 Å². The highest BCUT2D eigenvalue weighted by Gasteiger charge is 2.49. The second-order valence-electron chi connectivity index (χ2n) is 7.74. The molecule has 1 aliphatic rings. The van der Waals surface area contributed by atoms with Crippen LogP contribution in [0.5, 0.6) is 0 Å². The molecule has 180 valence electrons. The zero-order valence-corrected chi connectivity index (χ0v) is 19.4. The van der Waals surface area contributed by atoms with Crippen LogP contribution in [0, 0.1) is 5.41 Å². The summed E-state index contributed by atoms with van der Waals surface area (Å²) < 4.78 is 16.3. The molecule has 0 bridgehead atoms. The molecular weight excluding hydrogens is 444 g/mol. The predicted octanol–water partition coefficient (Wildman–Crippen LogP) is 0.230. The molecule has 0 aromatic heterocycles. The number of carboxylic acid groups (broad SMARTS) is 1. The normalized spacial score (nSPS) is 22.3. The third-order valence-corrected chi connectivity index (χ3v) is 5.20. The van der Waals surface area contributed by atoms with Gasteiger partial charge in [-0.3, -0.25) is 19.2 Å². The Hall–Kier alpha value is -2.28. The van der Waals surface area contributed by atoms with Gasteiger partial charge < -0.3 is 30.0 Å². The summed E-state index contributed by atoms with van der Waals surface area (Å²) in [6, 6.07) is 0. The quantitative estimate of drug-likeness (QED) is 0.203. The number of carbonyl (C=O) groups is 5. The van der Waals surface area contributed by atoms with Crippen molar-refractivity contribution in [1.29, 1.82) is 0 Å². The number of aliphatic carboxylic acids is 1. The van der Waals surface area contributed by atoms with Crippen LogP contribution < -0.4 is 10.6 Å². The number of rotatable bonds is 12. The molecule has 1 rings (SSSR count). The Balaban J connectivity index is 2.49. The first-order valence-corrected chi connectivity index (χ1v) is 10.9. The number of carbonyl (C=O) groups excluding carboxylic acids is 4. The average Bonchev–Trinajstić information content (AvgIpc) is 2.70. The van der Waals surface area contributed by atoms with E-state index in [0.717, 1.165) is 23.9 Å². The van der Waals surface area contributed by atoms with Crippen LogP contribution in [0.1, 0.15) is 33.6 Å². The van der Waals surface area contributed by atoms with Crippen LogP contribution in [0.2, 0.25) is 0 Å². The number of hydrogen-bond acceptors (Lipinski definition) is 9. The van der Waals surface area contributed by atoms with Crippen molar-refractivity contribution in [3.05, 3.63) is 12.2 Å². The Labute approximate surface area is 190 Å². The Morgan fingerprint density at radius 2 is 1.88 bits per heavy atom. The SMILES string of the molecule is COC1(/C=C/C(=O)O)OCC(C)(C)[C@H](C(=O)NCCC(=O)NCCSC(=O)CC(C)=O)O1. The van der Waals surface area contributed by atoms with Gasteiger partial charge >= 0.3 is 11.9 Å². The molecule has 2 atom stereocenters. The van der Waals surface area contributed by atoms with E-state index < -0.39 is 29.4 Å². The fourth-order valence-corrected chi connectivity index (χ4v) is 3.39. The van der Waals surface area contributed by atoms with Gasteiger partial charge in [0.15, 0.2) is 5.12 Å². The lowest BCUT2D eigenvalue weighted by molar-refractivity contribution is -0.396. The Morgan fingerprint density at radius 1 is 1.19 bits per heavy atom. The van der Waals surface area contributed by atoms with Gasteiger partial charge in [0, 0.05) is 49.9 Å². The van der Waals surface area contributed by atoms with Crippen molar-refractivity contribution in [2.45, 2.75) is 45.7 Å². The maximum absolute atomic E-state index is 12.7. The zero-order valence-electron chi connectivity index (χ0n) is 18.6. The summed E-state index contributed by atoms with van der Waals surface area (Å²) in [6.07, 6.45) is 0.716. The van der Waals surface area contributed by atoms with Crippen molar-refractivity contribution in [3.8, 4) is 0 Å². The number of carboxylic acids is 1. The third-order valence-electron chi connectivity index (χ3n) is 4.32. The number of amides is 2. The van der Waals surface area contributed by atoms with Gasteiger partial charge in [0.05, 0.1) is 13.0 Å². The number of nitrogens with one attached hydrogen (secondary N) is 2. The van der Waals surface area contributed by atoms with Gasteiger partial charge in [-0.15, -0.1) is 0 Å². The number of Topliss-reactive ketones (excluding diaryl/α,β-unsaturated/α-hetero) is 1. The molecule has 1 unspecified atom stereocenters. The fourth-order valence-electron chi connectivity index (χ4n) is 2.65. The van der Waals surface area contributed by atoms with Crippen LogP contribution in [0.3, 0.4) is 0 Å². The van der Waals surface area contributed by atoms with Gasteiger partial charge in [0.25, 0.3) is 0 Å². The van der Waals surface area contributed by atoms with Crippen molar-refractivity contribution in [3.63, 3.8) is 0 Å². The molecule has 0 aromatic carbocycles. The molecule has 1 aliphatic heterocycles. The molecule has 0 aromatic rings. The summed E-state index contributed by atoms with van der Waals surface area (Å²) >= 11 is 0.975. The second kappa shape index (κ2) is 12.7. The van der Waals surface area contributed by atoms with Gasteiger partial charge in [0.2, 0.25) is 11.8 Å². The average molecular weight is 475 g/mol. The van der Waals surface area contributed by atoms with Crippen LogP contribution in [0.4, 0.5) is 0 Å². The largest absolute Gasteiger partial charge is 0.478 e. The molecule has 2 amide bonds. The fraction of sp³-hybridized carbons (Fsp3) is 0.650. The first-order chi connectivity index (χ1) is 14.9. The van der Waals surface area contributed by atoms with Crippen LogP contribution in [-0.4, -0.2) is 78.4 Å². The number of thioether (sulfide) groups is 1. The van der Waals surface area contributed by atoms with Crippen molar-refractivity contribution < 1.29 is 43.3 Å². The molecule has 0 saturated carbocycles. The lowest BCUT2D eigenvalue weighted by Gasteiger charge is -2.45. The summed E-state index contributed by atoms with van der Waals surface area (Å²) in [6.45, 7) is 5.18. The van der Waals surface area contributed by atoms with Crippen molar-refractivity contribution in [2.24, 2.45) is 5.41 Å². The minimum Gasteiger partial charge on any atom is -0.478 e. The van der Waals surface area contributed by atoms with E-state index in [4.69, 9.17) is 19.3 Å². The molecule has 1 fully saturated rings. The molecule has 1 heterocycles. The van der Waals surface area contributed by atoms with E-state index in [1.807, 2.05) is 0 Å². The van der Waals surface area contributed by atoms with Crippen molar-refractivity contribution in [1.82, 2.24) is 10.6 Å². The minimum atomic E-state index is -1.81. The standard InChI is InChI=1S/C20H30N2O9S/c1-13(23)11-16(27)32-10-9-21-14(24)6-8-22-18(28)17-19(2,3)12-30-20(29-4,31-17)7-5-15(25)26/h5,7,17H,6,8-12H2,1-4H3,(H,21,24)(H,22,28)(H,25,26)/b7-5+/t17-,20?/m0/s1. The van der Waals surface area contributed by atoms with E-state index in [1.54, 1.807) is 13.8 Å². The summed E-state index contributed by atoms with van der Waals surface area (Å²) in [7, 11) is 1.26. The molecule has 0 aliphatic carbocycles. The monoisotopic (exact) mass is 474 g/mol. The summed E-state index contributed by atoms with van der Waals surface area (Å²) in [5.41, 5.74) is -0.741. The Kier molecular flexibility index (Phi) is 11.0. The summed E-state index contributed by atoms with van der Waals surface area (Å²) in [5.74, 6) is -3.72. The van der Waals surface area contributed by atoms with E-state index in [2.05, 4.69) is 10.6 Å². The van der Waals surface area contributed by atoms with Crippen molar-refractivity contribution in [2.75, 3.05) is 32.6 Å². The molecule has 3 N–H and O–H groups in total. The number of methoxy groups -OCH3 is 1. The number of ketones is 1. The topological polar surface area (TPSA) is 157 Å². The van der Waals surface area contributed by atoms with E-state index in [-0.39, 0.29) is 49.3 Å². The highest BCUT2D eigenvalue weighted by Crippen LogP contribution is 2.36. The van der Waals surface area contributed by atoms with Crippen LogP contribution >= 0.6 is 11.8 Å². The molecule has 11 nitrogen and oxygen atoms in total. The predicted molar refractivity (Wildman–Crippen MR) is 115 cm³/mol.